The van der Waals surface area contributed by atoms with E-state index in [9.17, 15) is 9.59 Å². The van der Waals surface area contributed by atoms with Crippen LogP contribution in [-0.4, -0.2) is 18.4 Å². The van der Waals surface area contributed by atoms with Crippen molar-refractivity contribution in [2.24, 2.45) is 0 Å². The molecule has 2 N–H and O–H groups in total. The van der Waals surface area contributed by atoms with Crippen LogP contribution in [0.5, 0.6) is 5.75 Å². The van der Waals surface area contributed by atoms with Crippen LogP contribution >= 0.6 is 0 Å². The van der Waals surface area contributed by atoms with Crippen molar-refractivity contribution < 1.29 is 14.3 Å². The van der Waals surface area contributed by atoms with Crippen molar-refractivity contribution in [2.45, 2.75) is 26.3 Å². The van der Waals surface area contributed by atoms with Crippen LogP contribution in [0.3, 0.4) is 0 Å². The third-order valence-electron chi connectivity index (χ3n) is 4.73. The highest BCUT2D eigenvalue weighted by molar-refractivity contribution is 5.97. The van der Waals surface area contributed by atoms with E-state index < -0.39 is 0 Å². The van der Waals surface area contributed by atoms with E-state index in [1.165, 1.54) is 0 Å². The van der Waals surface area contributed by atoms with Crippen LogP contribution in [0.15, 0.2) is 78.9 Å². The van der Waals surface area contributed by atoms with E-state index >= 15 is 0 Å². The number of nitrogens with one attached hydrogen (secondary N) is 2. The maximum atomic E-state index is 12.6. The van der Waals surface area contributed by atoms with Gasteiger partial charge in [0, 0.05) is 11.3 Å². The molecular weight excluding hydrogens is 376 g/mol. The van der Waals surface area contributed by atoms with Gasteiger partial charge in [0.15, 0.2) is 6.61 Å². The number of rotatable bonds is 8. The van der Waals surface area contributed by atoms with Crippen molar-refractivity contribution in [3.05, 3.63) is 95.6 Å². The summed E-state index contributed by atoms with van der Waals surface area (Å²) in [4.78, 5) is 24.8. The van der Waals surface area contributed by atoms with Gasteiger partial charge in [-0.3, -0.25) is 9.59 Å². The lowest BCUT2D eigenvalue weighted by atomic mass is 10.1. The van der Waals surface area contributed by atoms with Gasteiger partial charge in [0.05, 0.1) is 6.04 Å². The highest BCUT2D eigenvalue weighted by Gasteiger charge is 2.12. The zero-order chi connectivity index (χ0) is 21.3. The Morgan fingerprint density at radius 1 is 0.933 bits per heavy atom. The zero-order valence-electron chi connectivity index (χ0n) is 17.2. The number of hydrogen-bond donors (Lipinski definition) is 2. The molecule has 0 aliphatic carbocycles. The van der Waals surface area contributed by atoms with E-state index in [4.69, 9.17) is 4.74 Å². The van der Waals surface area contributed by atoms with E-state index in [1.807, 2.05) is 61.5 Å². The third kappa shape index (κ3) is 5.95. The molecule has 5 heteroatoms. The van der Waals surface area contributed by atoms with Gasteiger partial charge < -0.3 is 15.4 Å². The molecule has 2 amide bonds. The van der Waals surface area contributed by atoms with Crippen LogP contribution in [-0.2, 0) is 11.2 Å². The van der Waals surface area contributed by atoms with Crippen LogP contribution in [0.1, 0.15) is 41.4 Å². The average molecular weight is 402 g/mol. The molecule has 1 atom stereocenters. The highest BCUT2D eigenvalue weighted by atomic mass is 16.5. The Kier molecular flexibility index (Phi) is 7.22. The molecule has 0 saturated heterocycles. The van der Waals surface area contributed by atoms with Gasteiger partial charge in [-0.05, 0) is 54.8 Å². The first-order valence-electron chi connectivity index (χ1n) is 10.0. The van der Waals surface area contributed by atoms with Crippen molar-refractivity contribution in [3.63, 3.8) is 0 Å². The summed E-state index contributed by atoms with van der Waals surface area (Å²) in [6.07, 6.45) is 0.904. The number of anilines is 1. The van der Waals surface area contributed by atoms with Gasteiger partial charge in [-0.2, -0.15) is 0 Å². The van der Waals surface area contributed by atoms with Gasteiger partial charge in [-0.25, -0.2) is 0 Å². The predicted molar refractivity (Wildman–Crippen MR) is 119 cm³/mol. The molecular formula is C25H26N2O3. The molecule has 0 spiro atoms. The zero-order valence-corrected chi connectivity index (χ0v) is 17.2. The topological polar surface area (TPSA) is 67.4 Å². The summed E-state index contributed by atoms with van der Waals surface area (Å²) < 4.78 is 5.57. The summed E-state index contributed by atoms with van der Waals surface area (Å²) in [7, 11) is 0. The standard InChI is InChI=1S/C25H26N2O3/c1-3-19-9-7-14-23(15-19)30-17-24(28)27-22-13-8-12-21(16-22)25(29)26-18(2)20-10-5-4-6-11-20/h4-16,18H,3,17H2,1-2H3,(H,26,29)(H,27,28). The van der Waals surface area contributed by atoms with E-state index in [0.717, 1.165) is 17.5 Å². The number of benzene rings is 3. The summed E-state index contributed by atoms with van der Waals surface area (Å²) in [5, 5.41) is 5.75. The molecule has 0 bridgehead atoms. The van der Waals surface area contributed by atoms with Gasteiger partial charge in [-0.1, -0.05) is 55.5 Å². The Morgan fingerprint density at radius 2 is 1.70 bits per heavy atom. The molecule has 3 aromatic rings. The number of aryl methyl sites for hydroxylation is 1. The Bertz CT molecular complexity index is 1000. The van der Waals surface area contributed by atoms with Crippen LogP contribution in [0.25, 0.3) is 0 Å². The van der Waals surface area contributed by atoms with Crippen molar-refractivity contribution in [3.8, 4) is 5.75 Å². The maximum absolute atomic E-state index is 12.6. The normalized spacial score (nSPS) is 11.4. The Labute approximate surface area is 177 Å². The molecule has 3 rings (SSSR count). The van der Waals surface area contributed by atoms with Gasteiger partial charge in [0.25, 0.3) is 11.8 Å². The fourth-order valence-electron chi connectivity index (χ4n) is 3.04. The molecule has 0 radical (unpaired) electrons. The monoisotopic (exact) mass is 402 g/mol. The van der Waals surface area contributed by atoms with Gasteiger partial charge >= 0.3 is 0 Å². The van der Waals surface area contributed by atoms with E-state index in [-0.39, 0.29) is 24.5 Å². The van der Waals surface area contributed by atoms with Gasteiger partial charge in [0.2, 0.25) is 0 Å². The average Bonchev–Trinajstić information content (AvgIpc) is 2.78. The van der Waals surface area contributed by atoms with Crippen molar-refractivity contribution in [1.29, 1.82) is 0 Å². The molecule has 0 aliphatic heterocycles. The summed E-state index contributed by atoms with van der Waals surface area (Å²) in [6, 6.07) is 24.2. The lowest BCUT2D eigenvalue weighted by Crippen LogP contribution is -2.27. The predicted octanol–water partition coefficient (Wildman–Crippen LogP) is 4.76. The lowest BCUT2D eigenvalue weighted by Gasteiger charge is -2.15. The molecule has 3 aromatic carbocycles. The van der Waals surface area contributed by atoms with Crippen LogP contribution in [0, 0.1) is 0 Å². The van der Waals surface area contributed by atoms with Gasteiger partial charge in [0.1, 0.15) is 5.75 Å². The second-order valence-electron chi connectivity index (χ2n) is 7.02. The minimum Gasteiger partial charge on any atom is -0.484 e. The number of ether oxygens (including phenoxy) is 1. The second-order valence-corrected chi connectivity index (χ2v) is 7.02. The molecule has 5 nitrogen and oxygen atoms in total. The molecule has 0 aliphatic rings. The summed E-state index contributed by atoms with van der Waals surface area (Å²) in [5.74, 6) is 0.176. The van der Waals surface area contributed by atoms with Crippen LogP contribution in [0.2, 0.25) is 0 Å². The number of carbonyl (C=O) groups is 2. The fraction of sp³-hybridized carbons (Fsp3) is 0.200. The molecule has 1 unspecified atom stereocenters. The van der Waals surface area contributed by atoms with Crippen molar-refractivity contribution >= 4 is 17.5 Å². The largest absolute Gasteiger partial charge is 0.484 e. The minimum absolute atomic E-state index is 0.103. The number of carbonyl (C=O) groups excluding carboxylic acids is 2. The van der Waals surface area contributed by atoms with E-state index in [2.05, 4.69) is 17.6 Å². The van der Waals surface area contributed by atoms with E-state index in [0.29, 0.717) is 17.0 Å². The summed E-state index contributed by atoms with van der Waals surface area (Å²) in [5.41, 5.74) is 3.20. The number of hydrogen-bond acceptors (Lipinski definition) is 3. The van der Waals surface area contributed by atoms with Gasteiger partial charge in [-0.15, -0.1) is 0 Å². The van der Waals surface area contributed by atoms with Crippen molar-refractivity contribution in [1.82, 2.24) is 5.32 Å². The minimum atomic E-state index is -0.285. The van der Waals surface area contributed by atoms with Crippen LogP contribution in [0.4, 0.5) is 5.69 Å². The van der Waals surface area contributed by atoms with Crippen LogP contribution < -0.4 is 15.4 Å². The molecule has 154 valence electrons. The Balaban J connectivity index is 1.56. The first-order chi connectivity index (χ1) is 14.5. The highest BCUT2D eigenvalue weighted by Crippen LogP contribution is 2.16. The quantitative estimate of drug-likeness (QED) is 0.571. The van der Waals surface area contributed by atoms with E-state index in [1.54, 1.807) is 24.3 Å². The SMILES string of the molecule is CCc1cccc(OCC(=O)Nc2cccc(C(=O)NC(C)c3ccccc3)c2)c1. The molecule has 30 heavy (non-hydrogen) atoms. The third-order valence-corrected chi connectivity index (χ3v) is 4.73. The lowest BCUT2D eigenvalue weighted by molar-refractivity contribution is -0.118. The smallest absolute Gasteiger partial charge is 0.262 e. The fourth-order valence-corrected chi connectivity index (χ4v) is 3.04. The first-order valence-corrected chi connectivity index (χ1v) is 10.0. The Hall–Kier alpha value is -3.60. The van der Waals surface area contributed by atoms with Crippen molar-refractivity contribution in [2.75, 3.05) is 11.9 Å². The number of amides is 2. The Morgan fingerprint density at radius 3 is 2.47 bits per heavy atom. The summed E-state index contributed by atoms with van der Waals surface area (Å²) in [6.45, 7) is 3.90. The molecule has 0 aromatic heterocycles. The molecule has 0 fully saturated rings. The maximum Gasteiger partial charge on any atom is 0.262 e. The first kappa shape index (κ1) is 21.1. The molecule has 0 heterocycles. The second kappa shape index (κ2) is 10.3. The summed E-state index contributed by atoms with van der Waals surface area (Å²) >= 11 is 0. The molecule has 0 saturated carbocycles.